The maximum atomic E-state index is 6.05. The van der Waals surface area contributed by atoms with Gasteiger partial charge >= 0.3 is 0 Å². The van der Waals surface area contributed by atoms with Gasteiger partial charge < -0.3 is 4.74 Å². The maximum Gasteiger partial charge on any atom is 0.122 e. The van der Waals surface area contributed by atoms with Crippen molar-refractivity contribution < 1.29 is 4.74 Å². The van der Waals surface area contributed by atoms with Crippen LogP contribution in [-0.4, -0.2) is 12.4 Å². The molecule has 0 bridgehead atoms. The van der Waals surface area contributed by atoms with Gasteiger partial charge in [0.1, 0.15) is 5.75 Å². The van der Waals surface area contributed by atoms with Crippen LogP contribution in [-0.2, 0) is 6.42 Å². The van der Waals surface area contributed by atoms with Crippen LogP contribution in [0.2, 0.25) is 5.02 Å². The third-order valence-corrected chi connectivity index (χ3v) is 3.11. The summed E-state index contributed by atoms with van der Waals surface area (Å²) in [5.74, 6) is 0.938. The summed E-state index contributed by atoms with van der Waals surface area (Å²) in [5.41, 5.74) is 2.24. The molecule has 1 aromatic carbocycles. The first-order chi connectivity index (χ1) is 6.69. The van der Waals surface area contributed by atoms with E-state index in [1.54, 1.807) is 7.11 Å². The number of hydrogen-bond donors (Lipinski definition) is 0. The second kappa shape index (κ2) is 5.62. The number of rotatable bonds is 4. The van der Waals surface area contributed by atoms with Gasteiger partial charge in [0, 0.05) is 10.4 Å². The first kappa shape index (κ1) is 11.9. The molecule has 0 radical (unpaired) electrons. The third-order valence-electron chi connectivity index (χ3n) is 2.14. The normalized spacial score (nSPS) is 10.3. The summed E-state index contributed by atoms with van der Waals surface area (Å²) in [4.78, 5) is 0. The summed E-state index contributed by atoms with van der Waals surface area (Å²) in [5, 5.41) is 1.82. The molecule has 0 unspecified atom stereocenters. The monoisotopic (exact) mass is 276 g/mol. The van der Waals surface area contributed by atoms with Crippen LogP contribution in [0.3, 0.4) is 0 Å². The number of methoxy groups -OCH3 is 1. The zero-order chi connectivity index (χ0) is 10.6. The van der Waals surface area contributed by atoms with Crippen LogP contribution < -0.4 is 4.74 Å². The number of benzene rings is 1. The van der Waals surface area contributed by atoms with E-state index in [0.717, 1.165) is 34.5 Å². The highest BCUT2D eigenvalue weighted by atomic mass is 79.9. The molecular formula is C11H14BrClO. The van der Waals surface area contributed by atoms with Crippen LogP contribution >= 0.6 is 27.5 Å². The Hall–Kier alpha value is -0.210. The molecule has 0 aliphatic carbocycles. The molecule has 0 amide bonds. The van der Waals surface area contributed by atoms with Crippen LogP contribution in [0.5, 0.6) is 5.75 Å². The average Bonchev–Trinajstić information content (AvgIpc) is 2.19. The molecule has 1 aromatic rings. The number of ether oxygens (including phenoxy) is 1. The van der Waals surface area contributed by atoms with Crippen molar-refractivity contribution in [3.05, 3.63) is 28.3 Å². The van der Waals surface area contributed by atoms with Crippen molar-refractivity contribution in [2.75, 3.05) is 12.4 Å². The fourth-order valence-electron chi connectivity index (χ4n) is 1.34. The van der Waals surface area contributed by atoms with Gasteiger partial charge in [0.25, 0.3) is 0 Å². The minimum Gasteiger partial charge on any atom is -0.496 e. The van der Waals surface area contributed by atoms with Crippen LogP contribution in [0.1, 0.15) is 17.5 Å². The van der Waals surface area contributed by atoms with E-state index in [9.17, 15) is 0 Å². The van der Waals surface area contributed by atoms with E-state index >= 15 is 0 Å². The van der Waals surface area contributed by atoms with Gasteiger partial charge in [-0.15, -0.1) is 0 Å². The van der Waals surface area contributed by atoms with Crippen LogP contribution in [0.4, 0.5) is 0 Å². The lowest BCUT2D eigenvalue weighted by atomic mass is 10.1. The molecule has 0 saturated heterocycles. The highest BCUT2D eigenvalue weighted by Gasteiger charge is 2.06. The average molecular weight is 278 g/mol. The Morgan fingerprint density at radius 3 is 2.71 bits per heavy atom. The van der Waals surface area contributed by atoms with Gasteiger partial charge in [0.15, 0.2) is 0 Å². The topological polar surface area (TPSA) is 9.23 Å². The predicted molar refractivity (Wildman–Crippen MR) is 64.9 cm³/mol. The summed E-state index contributed by atoms with van der Waals surface area (Å²) in [6.07, 6.45) is 2.09. The van der Waals surface area contributed by atoms with Gasteiger partial charge in [0.05, 0.1) is 7.11 Å². The molecule has 3 heteroatoms. The van der Waals surface area contributed by atoms with E-state index in [-0.39, 0.29) is 0 Å². The minimum atomic E-state index is 0.815. The fourth-order valence-corrected chi connectivity index (χ4v) is 1.81. The second-order valence-corrected chi connectivity index (χ2v) is 4.41. The fraction of sp³-hybridized carbons (Fsp3) is 0.455. The standard InChI is InChI=1S/C11H14BrClO/c1-8-6-11(14-2)9(4-3-5-12)7-10(8)13/h6-7H,3-5H2,1-2H3. The van der Waals surface area contributed by atoms with Crippen LogP contribution in [0.25, 0.3) is 0 Å². The van der Waals surface area contributed by atoms with E-state index in [4.69, 9.17) is 16.3 Å². The van der Waals surface area contributed by atoms with E-state index in [2.05, 4.69) is 15.9 Å². The SMILES string of the molecule is COc1cc(C)c(Cl)cc1CCCBr. The highest BCUT2D eigenvalue weighted by molar-refractivity contribution is 9.09. The Kier molecular flexibility index (Phi) is 4.76. The zero-order valence-electron chi connectivity index (χ0n) is 8.44. The molecule has 78 valence electrons. The summed E-state index contributed by atoms with van der Waals surface area (Å²) in [6, 6.07) is 3.99. The largest absolute Gasteiger partial charge is 0.496 e. The molecule has 0 atom stereocenters. The number of halogens is 2. The van der Waals surface area contributed by atoms with E-state index in [1.165, 1.54) is 5.56 Å². The molecule has 0 N–H and O–H groups in total. The summed E-state index contributed by atoms with van der Waals surface area (Å²) < 4.78 is 5.30. The molecule has 0 aliphatic rings. The maximum absolute atomic E-state index is 6.05. The van der Waals surface area contributed by atoms with Gasteiger partial charge in [-0.3, -0.25) is 0 Å². The smallest absolute Gasteiger partial charge is 0.122 e. The van der Waals surface area contributed by atoms with Gasteiger partial charge in [-0.05, 0) is 43.0 Å². The molecule has 0 heterocycles. The van der Waals surface area contributed by atoms with Crippen LogP contribution in [0.15, 0.2) is 12.1 Å². The van der Waals surface area contributed by atoms with Crippen molar-refractivity contribution in [1.82, 2.24) is 0 Å². The lowest BCUT2D eigenvalue weighted by Gasteiger charge is -2.10. The Balaban J connectivity index is 2.95. The van der Waals surface area contributed by atoms with Crippen LogP contribution in [0, 0.1) is 6.92 Å². The summed E-state index contributed by atoms with van der Waals surface area (Å²) in [6.45, 7) is 1.99. The van der Waals surface area contributed by atoms with Gasteiger partial charge in [-0.25, -0.2) is 0 Å². The van der Waals surface area contributed by atoms with Gasteiger partial charge in [-0.2, -0.15) is 0 Å². The van der Waals surface area contributed by atoms with Crippen molar-refractivity contribution in [3.8, 4) is 5.75 Å². The first-order valence-electron chi connectivity index (χ1n) is 4.58. The van der Waals surface area contributed by atoms with Gasteiger partial charge in [-0.1, -0.05) is 27.5 Å². The van der Waals surface area contributed by atoms with Gasteiger partial charge in [0.2, 0.25) is 0 Å². The molecule has 1 nitrogen and oxygen atoms in total. The van der Waals surface area contributed by atoms with Crippen molar-refractivity contribution >= 4 is 27.5 Å². The lowest BCUT2D eigenvalue weighted by Crippen LogP contribution is -1.94. The molecule has 0 saturated carbocycles. The Labute approximate surface area is 98.5 Å². The quantitative estimate of drug-likeness (QED) is 0.756. The molecular weight excluding hydrogens is 263 g/mol. The van der Waals surface area contributed by atoms with Crippen molar-refractivity contribution in [3.63, 3.8) is 0 Å². The molecule has 0 aliphatic heterocycles. The molecule has 0 fully saturated rings. The molecule has 14 heavy (non-hydrogen) atoms. The predicted octanol–water partition coefficient (Wildman–Crippen LogP) is 3.98. The Morgan fingerprint density at radius 1 is 1.43 bits per heavy atom. The third kappa shape index (κ3) is 2.89. The van der Waals surface area contributed by atoms with E-state index in [1.807, 2.05) is 19.1 Å². The molecule has 0 spiro atoms. The van der Waals surface area contributed by atoms with Crippen molar-refractivity contribution in [1.29, 1.82) is 0 Å². The van der Waals surface area contributed by atoms with Crippen molar-refractivity contribution in [2.45, 2.75) is 19.8 Å². The lowest BCUT2D eigenvalue weighted by molar-refractivity contribution is 0.409. The second-order valence-electron chi connectivity index (χ2n) is 3.21. The molecule has 1 rings (SSSR count). The van der Waals surface area contributed by atoms with E-state index < -0.39 is 0 Å². The summed E-state index contributed by atoms with van der Waals surface area (Å²) >= 11 is 9.47. The minimum absolute atomic E-state index is 0.815. The van der Waals surface area contributed by atoms with Crippen molar-refractivity contribution in [2.24, 2.45) is 0 Å². The van der Waals surface area contributed by atoms with E-state index in [0.29, 0.717) is 0 Å². The first-order valence-corrected chi connectivity index (χ1v) is 6.08. The zero-order valence-corrected chi connectivity index (χ0v) is 10.8. The molecule has 0 aromatic heterocycles. The number of aryl methyl sites for hydroxylation is 2. The Bertz CT molecular complexity index is 312. The number of alkyl halides is 1. The number of hydrogen-bond acceptors (Lipinski definition) is 1. The summed E-state index contributed by atoms with van der Waals surface area (Å²) in [7, 11) is 1.69. The Morgan fingerprint density at radius 2 is 2.14 bits per heavy atom. The highest BCUT2D eigenvalue weighted by Crippen LogP contribution is 2.27.